The van der Waals surface area contributed by atoms with Crippen LogP contribution in [0.3, 0.4) is 0 Å². The Labute approximate surface area is 159 Å². The first kappa shape index (κ1) is 18.2. The number of nitrogens with two attached hydrogens (primary N) is 1. The quantitative estimate of drug-likeness (QED) is 0.789. The fourth-order valence-corrected chi connectivity index (χ4v) is 3.52. The number of nitrogens with zero attached hydrogens (tertiary/aromatic N) is 2. The molecule has 0 aliphatic carbocycles. The number of amidine groups is 1. The molecular formula is C18H14ClFN4OS. The number of nitrogens with one attached hydrogen (secondary N) is 1. The number of halogens is 2. The number of rotatable bonds is 3. The zero-order valence-corrected chi connectivity index (χ0v) is 15.1. The maximum atomic E-state index is 14.5. The van der Waals surface area contributed by atoms with Crippen LogP contribution in [0.4, 0.5) is 10.1 Å². The van der Waals surface area contributed by atoms with Crippen molar-refractivity contribution in [2.45, 2.75) is 12.0 Å². The van der Waals surface area contributed by atoms with Gasteiger partial charge in [-0.1, -0.05) is 29.3 Å². The van der Waals surface area contributed by atoms with Gasteiger partial charge < -0.3 is 11.1 Å². The number of anilines is 1. The van der Waals surface area contributed by atoms with E-state index in [2.05, 4.69) is 21.2 Å². The Morgan fingerprint density at radius 1 is 1.42 bits per heavy atom. The molecule has 8 heteroatoms. The van der Waals surface area contributed by atoms with Crippen LogP contribution in [0.5, 0.6) is 0 Å². The summed E-state index contributed by atoms with van der Waals surface area (Å²) in [6.45, 7) is 0. The fraction of sp³-hybridized carbons (Fsp3) is 0.167. The number of terminal acetylenes is 1. The molecule has 0 bridgehead atoms. The van der Waals surface area contributed by atoms with Gasteiger partial charge in [0.25, 0.3) is 5.91 Å². The lowest BCUT2D eigenvalue weighted by molar-refractivity contribution is 0.102. The Morgan fingerprint density at radius 3 is 2.88 bits per heavy atom. The Balaban J connectivity index is 1.93. The second kappa shape index (κ2) is 7.36. The zero-order valence-electron chi connectivity index (χ0n) is 13.5. The molecule has 1 amide bonds. The number of aromatic nitrogens is 1. The number of aliphatic imine (C=N–C) groups is 1. The molecule has 3 N–H and O–H groups in total. The highest BCUT2D eigenvalue weighted by molar-refractivity contribution is 8.13. The SMILES string of the molecule is C#C[C@@]1(c2cc(NC(=O)c3ccc(Cl)cn3)ccc2F)CCSC(N)=N1. The van der Waals surface area contributed by atoms with Crippen LogP contribution in [0.15, 0.2) is 41.5 Å². The summed E-state index contributed by atoms with van der Waals surface area (Å²) in [6, 6.07) is 7.22. The van der Waals surface area contributed by atoms with E-state index in [1.807, 2.05) is 0 Å². The molecule has 1 aromatic carbocycles. The Hall–Kier alpha value is -2.56. The van der Waals surface area contributed by atoms with Gasteiger partial charge in [0, 0.05) is 23.2 Å². The lowest BCUT2D eigenvalue weighted by Gasteiger charge is -2.29. The average Bonchev–Trinajstić information content (AvgIpc) is 2.63. The summed E-state index contributed by atoms with van der Waals surface area (Å²) in [5, 5.41) is 3.41. The van der Waals surface area contributed by atoms with Gasteiger partial charge in [0.05, 0.1) is 5.02 Å². The van der Waals surface area contributed by atoms with Crippen molar-refractivity contribution in [3.8, 4) is 12.3 Å². The van der Waals surface area contributed by atoms with Crippen molar-refractivity contribution in [1.82, 2.24) is 4.98 Å². The minimum absolute atomic E-state index is 0.184. The lowest BCUT2D eigenvalue weighted by Crippen LogP contribution is -2.31. The van der Waals surface area contributed by atoms with Gasteiger partial charge in [0.1, 0.15) is 11.5 Å². The predicted molar refractivity (Wildman–Crippen MR) is 103 cm³/mol. The van der Waals surface area contributed by atoms with E-state index < -0.39 is 17.3 Å². The summed E-state index contributed by atoms with van der Waals surface area (Å²) >= 11 is 7.14. The first-order valence-electron chi connectivity index (χ1n) is 7.62. The van der Waals surface area contributed by atoms with Crippen molar-refractivity contribution < 1.29 is 9.18 Å². The van der Waals surface area contributed by atoms with Crippen molar-refractivity contribution >= 4 is 40.1 Å². The van der Waals surface area contributed by atoms with Crippen LogP contribution in [0.1, 0.15) is 22.5 Å². The number of carbonyl (C=O) groups excluding carboxylic acids is 1. The number of hydrogen-bond acceptors (Lipinski definition) is 5. The van der Waals surface area contributed by atoms with Crippen molar-refractivity contribution in [2.75, 3.05) is 11.1 Å². The molecule has 2 heterocycles. The normalized spacial score (nSPS) is 19.3. The molecule has 0 spiro atoms. The van der Waals surface area contributed by atoms with E-state index in [1.165, 1.54) is 42.2 Å². The van der Waals surface area contributed by atoms with Gasteiger partial charge in [-0.15, -0.1) is 6.42 Å². The Bertz CT molecular complexity index is 926. The van der Waals surface area contributed by atoms with Gasteiger partial charge in [-0.25, -0.2) is 14.4 Å². The highest BCUT2D eigenvalue weighted by Gasteiger charge is 2.35. The van der Waals surface area contributed by atoms with E-state index in [4.69, 9.17) is 23.8 Å². The molecule has 0 radical (unpaired) electrons. The monoisotopic (exact) mass is 388 g/mol. The largest absolute Gasteiger partial charge is 0.378 e. The molecule has 0 saturated heterocycles. The van der Waals surface area contributed by atoms with Crippen LogP contribution in [-0.4, -0.2) is 21.8 Å². The molecule has 1 aliphatic heterocycles. The summed E-state index contributed by atoms with van der Waals surface area (Å²) in [5.41, 5.74) is 5.37. The van der Waals surface area contributed by atoms with Gasteiger partial charge in [0.15, 0.2) is 10.7 Å². The average molecular weight is 389 g/mol. The van der Waals surface area contributed by atoms with Crippen LogP contribution in [0.25, 0.3) is 0 Å². The standard InChI is InChI=1S/C18H14ClFN4OS/c1-2-18(7-8-26-17(21)24-18)13-9-12(4-5-14(13)20)23-16(25)15-6-3-11(19)10-22-15/h1,3-6,9-10H,7-8H2,(H2,21,24)(H,23,25)/t18-/m0/s1. The second-order valence-corrected chi connectivity index (χ2v) is 7.12. The third-order valence-electron chi connectivity index (χ3n) is 3.88. The Morgan fingerprint density at radius 2 is 2.23 bits per heavy atom. The first-order valence-corrected chi connectivity index (χ1v) is 8.99. The molecule has 1 atom stereocenters. The minimum Gasteiger partial charge on any atom is -0.378 e. The summed E-state index contributed by atoms with van der Waals surface area (Å²) in [7, 11) is 0. The van der Waals surface area contributed by atoms with Gasteiger partial charge in [-0.2, -0.15) is 0 Å². The molecule has 3 rings (SSSR count). The van der Waals surface area contributed by atoms with Crippen LogP contribution in [0, 0.1) is 18.2 Å². The van der Waals surface area contributed by atoms with Crippen LogP contribution < -0.4 is 11.1 Å². The Kier molecular flexibility index (Phi) is 5.16. The van der Waals surface area contributed by atoms with Crippen LogP contribution in [-0.2, 0) is 5.54 Å². The topological polar surface area (TPSA) is 80.4 Å². The smallest absolute Gasteiger partial charge is 0.274 e. The maximum Gasteiger partial charge on any atom is 0.274 e. The fourth-order valence-electron chi connectivity index (χ4n) is 2.58. The molecule has 0 unspecified atom stereocenters. The van der Waals surface area contributed by atoms with Crippen molar-refractivity contribution in [3.63, 3.8) is 0 Å². The lowest BCUT2D eigenvalue weighted by atomic mass is 9.87. The molecule has 2 aromatic rings. The van der Waals surface area contributed by atoms with Gasteiger partial charge in [-0.3, -0.25) is 4.79 Å². The highest BCUT2D eigenvalue weighted by atomic mass is 35.5. The summed E-state index contributed by atoms with van der Waals surface area (Å²) in [5.74, 6) is 2.24. The molecular weight excluding hydrogens is 375 g/mol. The van der Waals surface area contributed by atoms with E-state index in [0.717, 1.165) is 0 Å². The number of hydrogen-bond donors (Lipinski definition) is 2. The molecule has 5 nitrogen and oxygen atoms in total. The second-order valence-electron chi connectivity index (χ2n) is 5.56. The summed E-state index contributed by atoms with van der Waals surface area (Å²) < 4.78 is 14.5. The number of carbonyl (C=O) groups is 1. The molecule has 0 saturated carbocycles. The summed E-state index contributed by atoms with van der Waals surface area (Å²) in [4.78, 5) is 20.5. The van der Waals surface area contributed by atoms with E-state index in [-0.39, 0.29) is 11.3 Å². The van der Waals surface area contributed by atoms with Gasteiger partial charge in [-0.05, 0) is 36.8 Å². The van der Waals surface area contributed by atoms with E-state index in [1.54, 1.807) is 6.07 Å². The molecule has 0 fully saturated rings. The minimum atomic E-state index is -1.18. The number of benzene rings is 1. The van der Waals surface area contributed by atoms with E-state index >= 15 is 0 Å². The van der Waals surface area contributed by atoms with E-state index in [0.29, 0.717) is 28.1 Å². The highest BCUT2D eigenvalue weighted by Crippen LogP contribution is 2.37. The number of amides is 1. The number of pyridine rings is 1. The third kappa shape index (κ3) is 3.66. The van der Waals surface area contributed by atoms with Crippen LogP contribution >= 0.6 is 23.4 Å². The number of thioether (sulfide) groups is 1. The molecule has 26 heavy (non-hydrogen) atoms. The molecule has 1 aliphatic rings. The predicted octanol–water partition coefficient (Wildman–Crippen LogP) is 3.41. The zero-order chi connectivity index (χ0) is 18.7. The van der Waals surface area contributed by atoms with Gasteiger partial charge >= 0.3 is 0 Å². The molecule has 132 valence electrons. The van der Waals surface area contributed by atoms with Crippen molar-refractivity contribution in [2.24, 2.45) is 10.7 Å². The van der Waals surface area contributed by atoms with Crippen molar-refractivity contribution in [3.05, 3.63) is 58.6 Å². The van der Waals surface area contributed by atoms with Crippen molar-refractivity contribution in [1.29, 1.82) is 0 Å². The first-order chi connectivity index (χ1) is 12.4. The molecule has 1 aromatic heterocycles. The van der Waals surface area contributed by atoms with Gasteiger partial charge in [0.2, 0.25) is 0 Å². The van der Waals surface area contributed by atoms with Crippen LogP contribution in [0.2, 0.25) is 5.02 Å². The maximum absolute atomic E-state index is 14.5. The third-order valence-corrected chi connectivity index (χ3v) is 4.90. The van der Waals surface area contributed by atoms with E-state index in [9.17, 15) is 9.18 Å². The summed E-state index contributed by atoms with van der Waals surface area (Å²) in [6.07, 6.45) is 7.48.